The topological polar surface area (TPSA) is 61.0 Å². The summed E-state index contributed by atoms with van der Waals surface area (Å²) in [6.07, 6.45) is 3.51. The third-order valence-corrected chi connectivity index (χ3v) is 9.99. The first-order chi connectivity index (χ1) is 21.0. The zero-order valence-corrected chi connectivity index (χ0v) is 25.5. The van der Waals surface area contributed by atoms with E-state index in [4.69, 9.17) is 9.47 Å². The molecule has 3 aromatic carbocycles. The number of amides is 1. The second kappa shape index (κ2) is 11.6. The molecule has 3 atom stereocenters. The molecule has 1 amide bonds. The highest BCUT2D eigenvalue weighted by atomic mass is 16.6. The van der Waals surface area contributed by atoms with Crippen LogP contribution in [0.1, 0.15) is 59.0 Å². The van der Waals surface area contributed by atoms with Crippen LogP contribution in [0, 0.1) is 0 Å². The van der Waals surface area contributed by atoms with Crippen molar-refractivity contribution in [3.05, 3.63) is 94.7 Å². The Kier molecular flexibility index (Phi) is 7.51. The summed E-state index contributed by atoms with van der Waals surface area (Å²) in [4.78, 5) is 23.9. The molecule has 0 aliphatic carbocycles. The van der Waals surface area contributed by atoms with Crippen LogP contribution in [0.5, 0.6) is 5.75 Å². The van der Waals surface area contributed by atoms with Crippen molar-refractivity contribution in [1.29, 1.82) is 0 Å². The Labute approximate surface area is 254 Å². The lowest BCUT2D eigenvalue weighted by molar-refractivity contribution is 0.0960. The molecule has 3 aliphatic rings. The van der Waals surface area contributed by atoms with Gasteiger partial charge in [-0.1, -0.05) is 54.6 Å². The highest BCUT2D eigenvalue weighted by molar-refractivity contribution is 5.85. The minimum atomic E-state index is -0.238. The van der Waals surface area contributed by atoms with E-state index in [9.17, 15) is 4.79 Å². The number of ether oxygens (including phenoxy) is 2. The molecule has 1 fully saturated rings. The number of nitrogens with zero attached hydrogens (tertiary/aromatic N) is 3. The van der Waals surface area contributed by atoms with Gasteiger partial charge >= 0.3 is 6.09 Å². The SMILES string of the molecule is COc1cc(C2CCCN(C(=O)OCc3ccccc3)CCc3c2[nH]c2ccccc32)cc2c1N(C)C1CCN(C)CC21. The van der Waals surface area contributed by atoms with Gasteiger partial charge in [-0.05, 0) is 73.7 Å². The van der Waals surface area contributed by atoms with Crippen molar-refractivity contribution in [2.24, 2.45) is 0 Å². The number of para-hydroxylation sites is 1. The third-order valence-electron chi connectivity index (χ3n) is 9.99. The predicted octanol–water partition coefficient (Wildman–Crippen LogP) is 6.52. The zero-order valence-electron chi connectivity index (χ0n) is 25.5. The van der Waals surface area contributed by atoms with Gasteiger partial charge in [0.05, 0.1) is 12.8 Å². The molecular weight excluding hydrogens is 536 g/mol. The molecule has 43 heavy (non-hydrogen) atoms. The fourth-order valence-corrected chi connectivity index (χ4v) is 7.81. The largest absolute Gasteiger partial charge is 0.495 e. The van der Waals surface area contributed by atoms with Crippen LogP contribution in [0.15, 0.2) is 66.7 Å². The number of likely N-dealkylation sites (N-methyl/N-ethyl adjacent to an activating group) is 2. The molecule has 1 saturated heterocycles. The summed E-state index contributed by atoms with van der Waals surface area (Å²) in [6, 6.07) is 23.7. The Bertz CT molecular complexity index is 1620. The second-order valence-electron chi connectivity index (χ2n) is 12.5. The molecule has 7 rings (SSSR count). The molecule has 0 spiro atoms. The van der Waals surface area contributed by atoms with E-state index in [0.717, 1.165) is 55.6 Å². The molecule has 0 bridgehead atoms. The molecule has 4 aromatic rings. The first-order valence-electron chi connectivity index (χ1n) is 15.7. The minimum Gasteiger partial charge on any atom is -0.495 e. The van der Waals surface area contributed by atoms with E-state index in [1.807, 2.05) is 35.2 Å². The predicted molar refractivity (Wildman–Crippen MR) is 171 cm³/mol. The van der Waals surface area contributed by atoms with Crippen LogP contribution in [0.25, 0.3) is 10.9 Å². The monoisotopic (exact) mass is 578 g/mol. The number of aromatic amines is 1. The molecule has 224 valence electrons. The number of rotatable bonds is 4. The van der Waals surface area contributed by atoms with Crippen molar-refractivity contribution in [3.8, 4) is 5.75 Å². The lowest BCUT2D eigenvalue weighted by Gasteiger charge is -2.35. The van der Waals surface area contributed by atoms with Crippen molar-refractivity contribution in [2.45, 2.75) is 50.2 Å². The number of piperidine rings is 1. The van der Waals surface area contributed by atoms with Crippen LogP contribution in [-0.4, -0.2) is 74.3 Å². The summed E-state index contributed by atoms with van der Waals surface area (Å²) < 4.78 is 11.9. The van der Waals surface area contributed by atoms with Gasteiger partial charge in [0.1, 0.15) is 12.4 Å². The van der Waals surface area contributed by atoms with Crippen molar-refractivity contribution in [1.82, 2.24) is 14.8 Å². The Morgan fingerprint density at radius 1 is 0.977 bits per heavy atom. The summed E-state index contributed by atoms with van der Waals surface area (Å²) in [5.74, 6) is 1.62. The smallest absolute Gasteiger partial charge is 0.410 e. The normalized spacial score (nSPS) is 22.3. The summed E-state index contributed by atoms with van der Waals surface area (Å²) in [5.41, 5.74) is 8.69. The maximum atomic E-state index is 13.3. The molecule has 3 unspecified atom stereocenters. The van der Waals surface area contributed by atoms with Gasteiger partial charge in [-0.2, -0.15) is 0 Å². The fourth-order valence-electron chi connectivity index (χ4n) is 7.81. The van der Waals surface area contributed by atoms with Crippen LogP contribution in [0.2, 0.25) is 0 Å². The molecular formula is C36H42N4O3. The number of carbonyl (C=O) groups excluding carboxylic acids is 1. The summed E-state index contributed by atoms with van der Waals surface area (Å²) in [6.45, 7) is 3.78. The Balaban J connectivity index is 1.24. The van der Waals surface area contributed by atoms with Gasteiger partial charge in [0.15, 0.2) is 0 Å². The van der Waals surface area contributed by atoms with Gasteiger partial charge in [0.25, 0.3) is 0 Å². The number of nitrogens with one attached hydrogen (secondary N) is 1. The number of carbonyl (C=O) groups is 1. The molecule has 7 nitrogen and oxygen atoms in total. The van der Waals surface area contributed by atoms with E-state index in [1.165, 1.54) is 33.5 Å². The lowest BCUT2D eigenvalue weighted by atomic mass is 9.84. The quantitative estimate of drug-likeness (QED) is 0.299. The number of fused-ring (bicyclic) bond motifs is 6. The van der Waals surface area contributed by atoms with Crippen LogP contribution < -0.4 is 9.64 Å². The zero-order chi connectivity index (χ0) is 29.5. The maximum Gasteiger partial charge on any atom is 0.410 e. The van der Waals surface area contributed by atoms with Gasteiger partial charge in [0, 0.05) is 61.2 Å². The molecule has 0 radical (unpaired) electrons. The van der Waals surface area contributed by atoms with E-state index in [-0.39, 0.29) is 18.6 Å². The van der Waals surface area contributed by atoms with E-state index in [0.29, 0.717) is 25.0 Å². The van der Waals surface area contributed by atoms with E-state index in [1.54, 1.807) is 7.11 Å². The highest BCUT2D eigenvalue weighted by Crippen LogP contribution is 2.50. The molecule has 3 aliphatic heterocycles. The Hall–Kier alpha value is -3.97. The minimum absolute atomic E-state index is 0.174. The molecule has 1 aromatic heterocycles. The van der Waals surface area contributed by atoms with Crippen molar-refractivity contribution < 1.29 is 14.3 Å². The second-order valence-corrected chi connectivity index (χ2v) is 12.5. The first-order valence-corrected chi connectivity index (χ1v) is 15.7. The van der Waals surface area contributed by atoms with E-state index in [2.05, 4.69) is 65.3 Å². The highest BCUT2D eigenvalue weighted by Gasteiger charge is 2.42. The Morgan fingerprint density at radius 3 is 2.63 bits per heavy atom. The van der Waals surface area contributed by atoms with Crippen LogP contribution in [-0.2, 0) is 17.8 Å². The maximum absolute atomic E-state index is 13.3. The summed E-state index contributed by atoms with van der Waals surface area (Å²) in [5, 5.41) is 1.24. The van der Waals surface area contributed by atoms with Gasteiger partial charge in [-0.15, -0.1) is 0 Å². The Morgan fingerprint density at radius 2 is 1.79 bits per heavy atom. The molecule has 4 heterocycles. The number of aromatic nitrogens is 1. The number of benzene rings is 3. The van der Waals surface area contributed by atoms with Gasteiger partial charge in [-0.25, -0.2) is 4.79 Å². The van der Waals surface area contributed by atoms with E-state index >= 15 is 0 Å². The van der Waals surface area contributed by atoms with Gasteiger partial charge in [-0.3, -0.25) is 0 Å². The summed E-state index contributed by atoms with van der Waals surface area (Å²) >= 11 is 0. The number of hydrogen-bond donors (Lipinski definition) is 1. The number of methoxy groups -OCH3 is 1. The van der Waals surface area contributed by atoms with Gasteiger partial charge in [0.2, 0.25) is 0 Å². The van der Waals surface area contributed by atoms with Crippen molar-refractivity contribution in [3.63, 3.8) is 0 Å². The van der Waals surface area contributed by atoms with Crippen LogP contribution in [0.3, 0.4) is 0 Å². The van der Waals surface area contributed by atoms with Crippen molar-refractivity contribution >= 4 is 22.7 Å². The molecule has 0 saturated carbocycles. The third kappa shape index (κ3) is 5.14. The van der Waals surface area contributed by atoms with Crippen LogP contribution >= 0.6 is 0 Å². The summed E-state index contributed by atoms with van der Waals surface area (Å²) in [7, 11) is 6.27. The molecule has 7 heteroatoms. The molecule has 1 N–H and O–H groups in total. The average molecular weight is 579 g/mol. The van der Waals surface area contributed by atoms with E-state index < -0.39 is 0 Å². The lowest BCUT2D eigenvalue weighted by Crippen LogP contribution is -2.43. The standard InChI is InChI=1S/C36H42N4O3/c1-38-18-16-32-30(22-38)29-20-25(21-33(42-3)35(29)39(32)2)26-13-9-17-40(36(41)43-23-24-10-5-4-6-11-24)19-15-28-27-12-7-8-14-31(27)37-34(26)28/h4-8,10-12,14,20-21,26,30,32,37H,9,13,15-19,22-23H2,1-3H3. The number of H-pyrrole nitrogens is 1. The fraction of sp³-hybridized carbons (Fsp3) is 0.417. The van der Waals surface area contributed by atoms with Crippen LogP contribution in [0.4, 0.5) is 10.5 Å². The number of hydrogen-bond acceptors (Lipinski definition) is 5. The van der Waals surface area contributed by atoms with Crippen molar-refractivity contribution in [2.75, 3.05) is 52.3 Å². The average Bonchev–Trinajstić information content (AvgIpc) is 3.56. The first kappa shape index (κ1) is 27.8. The van der Waals surface area contributed by atoms with Gasteiger partial charge < -0.3 is 29.2 Å². The number of likely N-dealkylation sites (tertiary alicyclic amines) is 1. The number of anilines is 1.